The molecule has 0 saturated carbocycles. The van der Waals surface area contributed by atoms with Gasteiger partial charge in [0.15, 0.2) is 5.54 Å². The first-order valence-corrected chi connectivity index (χ1v) is 10.4. The Bertz CT molecular complexity index is 1020. The van der Waals surface area contributed by atoms with Crippen molar-refractivity contribution in [2.24, 2.45) is 0 Å². The lowest BCUT2D eigenvalue weighted by Crippen LogP contribution is -2.57. The molecule has 2 atom stereocenters. The fourth-order valence-electron chi connectivity index (χ4n) is 4.82. The van der Waals surface area contributed by atoms with Gasteiger partial charge in [-0.15, -0.1) is 0 Å². The molecule has 1 saturated heterocycles. The molecular formula is C23H26ClN3O3. The van der Waals surface area contributed by atoms with Crippen LogP contribution in [0.1, 0.15) is 29.5 Å². The molecule has 1 fully saturated rings. The molecule has 2 amide bonds. The van der Waals surface area contributed by atoms with Gasteiger partial charge in [0, 0.05) is 37.5 Å². The summed E-state index contributed by atoms with van der Waals surface area (Å²) in [4.78, 5) is 30.5. The van der Waals surface area contributed by atoms with Crippen LogP contribution >= 0.6 is 11.6 Å². The van der Waals surface area contributed by atoms with Crippen molar-refractivity contribution in [3.8, 4) is 5.75 Å². The van der Waals surface area contributed by atoms with Crippen molar-refractivity contribution < 1.29 is 14.3 Å². The SMILES string of the molecule is COc1ccccc1C1(N2CCC[C@H]2C(=O)N(C)C)C(=O)Nc2ccc(C)c(Cl)c21. The Labute approximate surface area is 181 Å². The number of para-hydroxylation sites is 1. The molecule has 1 N–H and O–H groups in total. The van der Waals surface area contributed by atoms with Gasteiger partial charge in [-0.2, -0.15) is 0 Å². The maximum Gasteiger partial charge on any atom is 0.254 e. The van der Waals surface area contributed by atoms with Crippen LogP contribution in [0.4, 0.5) is 5.69 Å². The Balaban J connectivity index is 2.06. The number of ether oxygens (including phenoxy) is 1. The normalized spacial score (nSPS) is 23.2. The molecule has 0 bridgehead atoms. The lowest BCUT2D eigenvalue weighted by Gasteiger charge is -2.42. The topological polar surface area (TPSA) is 61.9 Å². The van der Waals surface area contributed by atoms with E-state index >= 15 is 0 Å². The summed E-state index contributed by atoms with van der Waals surface area (Å²) >= 11 is 6.85. The predicted octanol–water partition coefficient (Wildman–Crippen LogP) is 3.41. The third-order valence-corrected chi connectivity index (χ3v) is 6.67. The highest BCUT2D eigenvalue weighted by molar-refractivity contribution is 6.34. The van der Waals surface area contributed by atoms with Crippen molar-refractivity contribution in [1.82, 2.24) is 9.80 Å². The number of carbonyl (C=O) groups excluding carboxylic acids is 2. The molecule has 2 aliphatic heterocycles. The summed E-state index contributed by atoms with van der Waals surface area (Å²) in [6.07, 6.45) is 1.49. The number of aryl methyl sites for hydroxylation is 1. The Morgan fingerprint density at radius 3 is 2.70 bits per heavy atom. The minimum absolute atomic E-state index is 0.0215. The first-order valence-electron chi connectivity index (χ1n) is 10.1. The number of hydrogen-bond acceptors (Lipinski definition) is 4. The number of likely N-dealkylation sites (tertiary alicyclic amines) is 1. The molecule has 4 rings (SSSR count). The minimum Gasteiger partial charge on any atom is -0.496 e. The zero-order valence-electron chi connectivity index (χ0n) is 17.7. The number of nitrogens with one attached hydrogen (secondary N) is 1. The third kappa shape index (κ3) is 2.81. The molecule has 30 heavy (non-hydrogen) atoms. The number of rotatable bonds is 4. The van der Waals surface area contributed by atoms with Gasteiger partial charge >= 0.3 is 0 Å². The Morgan fingerprint density at radius 1 is 1.27 bits per heavy atom. The van der Waals surface area contributed by atoms with Crippen LogP contribution < -0.4 is 10.1 Å². The monoisotopic (exact) mass is 427 g/mol. The average molecular weight is 428 g/mol. The summed E-state index contributed by atoms with van der Waals surface area (Å²) in [6, 6.07) is 10.8. The molecule has 0 aromatic heterocycles. The Kier molecular flexibility index (Phi) is 5.24. The largest absolute Gasteiger partial charge is 0.496 e. The number of fused-ring (bicyclic) bond motifs is 1. The molecular weight excluding hydrogens is 402 g/mol. The van der Waals surface area contributed by atoms with Crippen molar-refractivity contribution in [2.75, 3.05) is 33.1 Å². The summed E-state index contributed by atoms with van der Waals surface area (Å²) in [5.74, 6) is 0.348. The highest BCUT2D eigenvalue weighted by Gasteiger charge is 2.59. The van der Waals surface area contributed by atoms with Crippen LogP contribution in [0.15, 0.2) is 36.4 Å². The fraction of sp³-hybridized carbons (Fsp3) is 0.391. The van der Waals surface area contributed by atoms with Gasteiger partial charge < -0.3 is 15.0 Å². The van der Waals surface area contributed by atoms with Crippen LogP contribution in [0, 0.1) is 6.92 Å². The average Bonchev–Trinajstić information content (AvgIpc) is 3.33. The molecule has 2 aromatic rings. The zero-order chi connectivity index (χ0) is 21.6. The summed E-state index contributed by atoms with van der Waals surface area (Å²) in [5, 5.41) is 3.55. The molecule has 2 aromatic carbocycles. The van der Waals surface area contributed by atoms with Crippen molar-refractivity contribution in [3.63, 3.8) is 0 Å². The van der Waals surface area contributed by atoms with Crippen LogP contribution in [0.2, 0.25) is 5.02 Å². The molecule has 2 aliphatic rings. The molecule has 7 heteroatoms. The Hall–Kier alpha value is -2.57. The second kappa shape index (κ2) is 7.60. The highest BCUT2D eigenvalue weighted by atomic mass is 35.5. The lowest BCUT2D eigenvalue weighted by atomic mass is 9.80. The van der Waals surface area contributed by atoms with E-state index in [1.54, 1.807) is 26.1 Å². The van der Waals surface area contributed by atoms with Crippen LogP contribution in [0.5, 0.6) is 5.75 Å². The van der Waals surface area contributed by atoms with Crippen LogP contribution in [0.3, 0.4) is 0 Å². The van der Waals surface area contributed by atoms with Gasteiger partial charge in [0.05, 0.1) is 18.2 Å². The second-order valence-corrected chi connectivity index (χ2v) is 8.45. The van der Waals surface area contributed by atoms with E-state index in [2.05, 4.69) is 5.32 Å². The van der Waals surface area contributed by atoms with Crippen LogP contribution in [-0.4, -0.2) is 55.4 Å². The van der Waals surface area contributed by atoms with E-state index in [4.69, 9.17) is 16.3 Å². The predicted molar refractivity (Wildman–Crippen MR) is 117 cm³/mol. The van der Waals surface area contributed by atoms with Crippen molar-refractivity contribution in [1.29, 1.82) is 0 Å². The summed E-state index contributed by atoms with van der Waals surface area (Å²) in [5.41, 5.74) is 1.68. The summed E-state index contributed by atoms with van der Waals surface area (Å²) in [7, 11) is 5.08. The first-order chi connectivity index (χ1) is 14.3. The van der Waals surface area contributed by atoms with Gasteiger partial charge in [0.25, 0.3) is 5.91 Å². The van der Waals surface area contributed by atoms with E-state index in [0.29, 0.717) is 40.6 Å². The zero-order valence-corrected chi connectivity index (χ0v) is 18.4. The van der Waals surface area contributed by atoms with Gasteiger partial charge in [-0.05, 0) is 37.5 Å². The van der Waals surface area contributed by atoms with E-state index in [1.807, 2.05) is 48.2 Å². The fourth-order valence-corrected chi connectivity index (χ4v) is 5.12. The van der Waals surface area contributed by atoms with E-state index < -0.39 is 11.6 Å². The van der Waals surface area contributed by atoms with E-state index in [9.17, 15) is 9.59 Å². The first kappa shape index (κ1) is 20.7. The second-order valence-electron chi connectivity index (χ2n) is 8.07. The number of hydrogen-bond donors (Lipinski definition) is 1. The van der Waals surface area contributed by atoms with Crippen molar-refractivity contribution in [3.05, 3.63) is 58.1 Å². The van der Waals surface area contributed by atoms with Gasteiger partial charge in [-0.1, -0.05) is 35.9 Å². The van der Waals surface area contributed by atoms with Crippen LogP contribution in [-0.2, 0) is 15.1 Å². The van der Waals surface area contributed by atoms with E-state index in [1.165, 1.54) is 0 Å². The Morgan fingerprint density at radius 2 is 2.00 bits per heavy atom. The van der Waals surface area contributed by atoms with Crippen molar-refractivity contribution in [2.45, 2.75) is 31.3 Å². The lowest BCUT2D eigenvalue weighted by molar-refractivity contribution is -0.138. The van der Waals surface area contributed by atoms with Gasteiger partial charge in [-0.3, -0.25) is 14.5 Å². The number of halogens is 1. The number of methoxy groups -OCH3 is 1. The van der Waals surface area contributed by atoms with E-state index in [0.717, 1.165) is 12.0 Å². The van der Waals surface area contributed by atoms with Gasteiger partial charge in [-0.25, -0.2) is 0 Å². The smallest absolute Gasteiger partial charge is 0.254 e. The molecule has 0 spiro atoms. The molecule has 158 valence electrons. The molecule has 6 nitrogen and oxygen atoms in total. The number of amides is 2. The maximum absolute atomic E-state index is 13.8. The number of nitrogens with zero attached hydrogens (tertiary/aromatic N) is 2. The third-order valence-electron chi connectivity index (χ3n) is 6.18. The van der Waals surface area contributed by atoms with Crippen molar-refractivity contribution >= 4 is 29.1 Å². The number of benzene rings is 2. The summed E-state index contributed by atoms with van der Waals surface area (Å²) < 4.78 is 5.67. The number of carbonyl (C=O) groups is 2. The van der Waals surface area contributed by atoms with Gasteiger partial charge in [0.1, 0.15) is 5.75 Å². The van der Waals surface area contributed by atoms with Crippen LogP contribution in [0.25, 0.3) is 0 Å². The quantitative estimate of drug-likeness (QED) is 0.812. The number of likely N-dealkylation sites (N-methyl/N-ethyl adjacent to an activating group) is 1. The minimum atomic E-state index is -1.25. The number of anilines is 1. The molecule has 0 radical (unpaired) electrons. The highest BCUT2D eigenvalue weighted by Crippen LogP contribution is 2.53. The maximum atomic E-state index is 13.8. The molecule has 0 aliphatic carbocycles. The summed E-state index contributed by atoms with van der Waals surface area (Å²) in [6.45, 7) is 2.52. The molecule has 1 unspecified atom stereocenters. The molecule has 2 heterocycles. The van der Waals surface area contributed by atoms with Gasteiger partial charge in [0.2, 0.25) is 5.91 Å². The van der Waals surface area contributed by atoms with E-state index in [-0.39, 0.29) is 11.8 Å². The standard InChI is InChI=1S/C23H26ClN3O3/c1-14-11-12-16-19(20(14)24)23(22(29)25-16,15-8-5-6-10-18(15)30-4)27-13-7-9-17(27)21(28)26(2)3/h5-6,8,10-12,17H,7,9,13H2,1-4H3,(H,25,29)/t17-,23?/m0/s1.